The molecule has 0 bridgehead atoms. The highest BCUT2D eigenvalue weighted by atomic mass is 79.9. The van der Waals surface area contributed by atoms with Crippen LogP contribution in [0.1, 0.15) is 13.3 Å². The van der Waals surface area contributed by atoms with Crippen LogP contribution in [0.5, 0.6) is 0 Å². The van der Waals surface area contributed by atoms with E-state index in [9.17, 15) is 9.90 Å². The largest absolute Gasteiger partial charge is 0.389 e. The monoisotopic (exact) mass is 313 g/mol. The van der Waals surface area contributed by atoms with Crippen LogP contribution in [0.2, 0.25) is 0 Å². The zero-order valence-corrected chi connectivity index (χ0v) is 11.8. The Morgan fingerprint density at radius 3 is 3.00 bits per heavy atom. The van der Waals surface area contributed by atoms with Crippen LogP contribution in [-0.2, 0) is 4.79 Å². The molecule has 1 aliphatic rings. The molecular weight excluding hydrogens is 298 g/mol. The van der Waals surface area contributed by atoms with Crippen molar-refractivity contribution >= 4 is 27.7 Å². The number of halogens is 1. The minimum Gasteiger partial charge on any atom is -0.389 e. The molecule has 1 amide bonds. The number of β-amino-alcohol motifs (C(OH)–C–C–N with tert-alkyl or cyclic N) is 1. The smallest absolute Gasteiger partial charge is 0.239 e. The Labute approximate surface area is 114 Å². The van der Waals surface area contributed by atoms with Crippen molar-refractivity contribution in [2.75, 3.05) is 25.0 Å². The first-order valence-corrected chi connectivity index (χ1v) is 6.60. The summed E-state index contributed by atoms with van der Waals surface area (Å²) in [6.45, 7) is 3.36. The number of hydrogen-bond acceptors (Lipinski definition) is 4. The summed E-state index contributed by atoms with van der Waals surface area (Å²) in [5.41, 5.74) is -0.670. The van der Waals surface area contributed by atoms with Gasteiger partial charge in [-0.1, -0.05) is 0 Å². The third-order valence-corrected chi connectivity index (χ3v) is 3.36. The molecule has 2 heterocycles. The van der Waals surface area contributed by atoms with E-state index in [2.05, 4.69) is 26.2 Å². The number of carbonyl (C=O) groups is 1. The molecular formula is C12H16BrN3O2. The minimum atomic E-state index is -0.670. The molecule has 6 heteroatoms. The maximum Gasteiger partial charge on any atom is 0.239 e. The van der Waals surface area contributed by atoms with Gasteiger partial charge in [-0.05, 0) is 41.4 Å². The third kappa shape index (κ3) is 3.76. The summed E-state index contributed by atoms with van der Waals surface area (Å²) in [6.07, 6.45) is 2.34. The van der Waals surface area contributed by atoms with Gasteiger partial charge in [0.2, 0.25) is 5.91 Å². The fourth-order valence-corrected chi connectivity index (χ4v) is 2.24. The summed E-state index contributed by atoms with van der Waals surface area (Å²) in [6, 6.07) is 3.56. The Morgan fingerprint density at radius 1 is 1.67 bits per heavy atom. The molecule has 0 spiro atoms. The van der Waals surface area contributed by atoms with Gasteiger partial charge in [-0.25, -0.2) is 4.98 Å². The van der Waals surface area contributed by atoms with Gasteiger partial charge < -0.3 is 10.4 Å². The van der Waals surface area contributed by atoms with Crippen LogP contribution in [0.15, 0.2) is 22.8 Å². The molecule has 1 aromatic heterocycles. The third-order valence-electron chi connectivity index (χ3n) is 2.89. The topological polar surface area (TPSA) is 65.5 Å². The van der Waals surface area contributed by atoms with Gasteiger partial charge in [-0.15, -0.1) is 0 Å². The number of aliphatic hydroxyl groups is 1. The van der Waals surface area contributed by atoms with E-state index in [-0.39, 0.29) is 12.5 Å². The second-order valence-corrected chi connectivity index (χ2v) is 5.78. The van der Waals surface area contributed by atoms with Crippen LogP contribution in [0.3, 0.4) is 0 Å². The van der Waals surface area contributed by atoms with E-state index in [1.807, 2.05) is 11.0 Å². The summed E-state index contributed by atoms with van der Waals surface area (Å²) in [5, 5.41) is 12.5. The number of rotatable bonds is 3. The van der Waals surface area contributed by atoms with Crippen molar-refractivity contribution in [3.05, 3.63) is 22.8 Å². The van der Waals surface area contributed by atoms with Gasteiger partial charge in [0.05, 0.1) is 12.1 Å². The summed E-state index contributed by atoms with van der Waals surface area (Å²) < 4.78 is 0.871. The predicted molar refractivity (Wildman–Crippen MR) is 72.2 cm³/mol. The van der Waals surface area contributed by atoms with Crippen molar-refractivity contribution in [3.8, 4) is 0 Å². The van der Waals surface area contributed by atoms with E-state index in [4.69, 9.17) is 0 Å². The van der Waals surface area contributed by atoms with E-state index in [0.29, 0.717) is 18.8 Å². The molecule has 1 saturated heterocycles. The molecule has 0 aliphatic carbocycles. The molecule has 0 saturated carbocycles. The number of nitrogens with zero attached hydrogens (tertiary/aromatic N) is 2. The number of anilines is 1. The Morgan fingerprint density at radius 2 is 2.44 bits per heavy atom. The van der Waals surface area contributed by atoms with Crippen LogP contribution >= 0.6 is 15.9 Å². The minimum absolute atomic E-state index is 0.109. The lowest BCUT2D eigenvalue weighted by Gasteiger charge is -2.18. The summed E-state index contributed by atoms with van der Waals surface area (Å²) in [4.78, 5) is 17.8. The van der Waals surface area contributed by atoms with Crippen LogP contribution in [0.4, 0.5) is 5.82 Å². The first-order valence-electron chi connectivity index (χ1n) is 5.81. The fraction of sp³-hybridized carbons (Fsp3) is 0.500. The van der Waals surface area contributed by atoms with Crippen LogP contribution in [-0.4, -0.2) is 46.1 Å². The van der Waals surface area contributed by atoms with Crippen molar-refractivity contribution in [3.63, 3.8) is 0 Å². The highest BCUT2D eigenvalue weighted by Gasteiger charge is 2.31. The summed E-state index contributed by atoms with van der Waals surface area (Å²) in [5.74, 6) is 0.427. The zero-order valence-electron chi connectivity index (χ0n) is 10.2. The van der Waals surface area contributed by atoms with Crippen LogP contribution in [0, 0.1) is 0 Å². The lowest BCUT2D eigenvalue weighted by atomic mass is 10.1. The number of nitrogens with one attached hydrogen (secondary N) is 1. The highest BCUT2D eigenvalue weighted by Crippen LogP contribution is 2.19. The molecule has 98 valence electrons. The van der Waals surface area contributed by atoms with Crippen LogP contribution < -0.4 is 5.32 Å². The number of pyridine rings is 1. The van der Waals surface area contributed by atoms with Gasteiger partial charge in [-0.2, -0.15) is 0 Å². The van der Waals surface area contributed by atoms with E-state index in [0.717, 1.165) is 11.0 Å². The van der Waals surface area contributed by atoms with Crippen molar-refractivity contribution in [2.24, 2.45) is 0 Å². The van der Waals surface area contributed by atoms with E-state index < -0.39 is 5.60 Å². The second kappa shape index (κ2) is 5.34. The lowest BCUT2D eigenvalue weighted by molar-refractivity contribution is -0.117. The fourth-order valence-electron chi connectivity index (χ4n) is 2.01. The highest BCUT2D eigenvalue weighted by molar-refractivity contribution is 9.10. The number of aromatic nitrogens is 1. The van der Waals surface area contributed by atoms with Crippen molar-refractivity contribution < 1.29 is 9.90 Å². The molecule has 0 radical (unpaired) electrons. The molecule has 1 aliphatic heterocycles. The molecule has 1 atom stereocenters. The number of amides is 1. The first kappa shape index (κ1) is 13.5. The predicted octanol–water partition coefficient (Wildman–Crippen LogP) is 1.24. The summed E-state index contributed by atoms with van der Waals surface area (Å²) in [7, 11) is 0. The standard InChI is InChI=1S/C12H16BrN3O2/c1-12(18)4-5-16(8-12)7-11(17)15-10-3-2-9(13)6-14-10/h2-3,6,18H,4-5,7-8H2,1H3,(H,14,15,17). The van der Waals surface area contributed by atoms with Crippen molar-refractivity contribution in [1.29, 1.82) is 0 Å². The van der Waals surface area contributed by atoms with E-state index >= 15 is 0 Å². The Balaban J connectivity index is 1.84. The molecule has 18 heavy (non-hydrogen) atoms. The Kier molecular flexibility index (Phi) is 3.99. The van der Waals surface area contributed by atoms with E-state index in [1.165, 1.54) is 0 Å². The average molecular weight is 314 g/mol. The molecule has 1 fully saturated rings. The van der Waals surface area contributed by atoms with Crippen LogP contribution in [0.25, 0.3) is 0 Å². The van der Waals surface area contributed by atoms with E-state index in [1.54, 1.807) is 19.2 Å². The number of carbonyl (C=O) groups excluding carboxylic acids is 1. The molecule has 2 rings (SSSR count). The Hall–Kier alpha value is -0.980. The molecule has 5 nitrogen and oxygen atoms in total. The van der Waals surface area contributed by atoms with Crippen molar-refractivity contribution in [2.45, 2.75) is 18.9 Å². The van der Waals surface area contributed by atoms with Gasteiger partial charge in [0.1, 0.15) is 5.82 Å². The molecule has 1 unspecified atom stereocenters. The van der Waals surface area contributed by atoms with Gasteiger partial charge in [-0.3, -0.25) is 9.69 Å². The van der Waals surface area contributed by atoms with Gasteiger partial charge in [0.25, 0.3) is 0 Å². The molecule has 0 aromatic carbocycles. The summed E-state index contributed by atoms with van der Waals surface area (Å²) >= 11 is 3.28. The second-order valence-electron chi connectivity index (χ2n) is 4.87. The van der Waals surface area contributed by atoms with Crippen molar-refractivity contribution in [1.82, 2.24) is 9.88 Å². The van der Waals surface area contributed by atoms with Gasteiger partial charge >= 0.3 is 0 Å². The normalized spacial score (nSPS) is 24.2. The quantitative estimate of drug-likeness (QED) is 0.881. The maximum atomic E-state index is 11.8. The molecule has 1 aromatic rings. The van der Waals surface area contributed by atoms with Gasteiger partial charge in [0.15, 0.2) is 0 Å². The molecule has 2 N–H and O–H groups in total. The van der Waals surface area contributed by atoms with Gasteiger partial charge in [0, 0.05) is 23.8 Å². The number of likely N-dealkylation sites (tertiary alicyclic amines) is 1. The lowest BCUT2D eigenvalue weighted by Crippen LogP contribution is -2.35. The zero-order chi connectivity index (χ0) is 13.2. The Bertz CT molecular complexity index is 433. The SMILES string of the molecule is CC1(O)CCN(CC(=O)Nc2ccc(Br)cn2)C1. The first-order chi connectivity index (χ1) is 8.44. The number of hydrogen-bond donors (Lipinski definition) is 2. The average Bonchev–Trinajstić information content (AvgIpc) is 2.61. The maximum absolute atomic E-state index is 11.8.